The van der Waals surface area contributed by atoms with E-state index in [1.807, 2.05) is 6.92 Å². The van der Waals surface area contributed by atoms with Crippen LogP contribution in [0, 0.1) is 17.7 Å². The fraction of sp³-hybridized carbons (Fsp3) is 0.588. The molecule has 0 aliphatic heterocycles. The van der Waals surface area contributed by atoms with Gasteiger partial charge in [-0.1, -0.05) is 32.3 Å². The Bertz CT molecular complexity index is 484. The molecule has 0 radical (unpaired) electrons. The van der Waals surface area contributed by atoms with Crippen molar-refractivity contribution in [1.29, 1.82) is 0 Å². The molecule has 0 spiro atoms. The number of carbonyl (C=O) groups excluding carboxylic acids is 1. The number of nitrogens with one attached hydrogen (secondary N) is 1. The first kappa shape index (κ1) is 15.8. The molecule has 116 valence electrons. The first-order valence-electron chi connectivity index (χ1n) is 7.72. The zero-order valence-corrected chi connectivity index (χ0v) is 12.8. The lowest BCUT2D eigenvalue weighted by molar-refractivity contribution is -0.126. The molecule has 1 saturated carbocycles. The van der Waals surface area contributed by atoms with Crippen LogP contribution in [0.2, 0.25) is 0 Å². The molecule has 21 heavy (non-hydrogen) atoms. The fourth-order valence-electron chi connectivity index (χ4n) is 3.01. The standard InChI is InChI=1S/C17H24FNO2/c1-12(14-6-4-3-5-7-14)17(20)19-11-13-8-9-15(18)16(10-13)21-2/h8-10,12,14H,3-7,11H2,1-2H3,(H,19,20). The van der Waals surface area contributed by atoms with E-state index in [-0.39, 0.29) is 23.4 Å². The van der Waals surface area contributed by atoms with Crippen molar-refractivity contribution in [3.63, 3.8) is 0 Å². The number of hydrogen-bond donors (Lipinski definition) is 1. The Labute approximate surface area is 125 Å². The summed E-state index contributed by atoms with van der Waals surface area (Å²) in [6, 6.07) is 4.66. The topological polar surface area (TPSA) is 38.3 Å². The van der Waals surface area contributed by atoms with Gasteiger partial charge in [-0.15, -0.1) is 0 Å². The molecule has 1 aliphatic carbocycles. The highest BCUT2D eigenvalue weighted by atomic mass is 19.1. The van der Waals surface area contributed by atoms with Crippen LogP contribution < -0.4 is 10.1 Å². The van der Waals surface area contributed by atoms with Crippen LogP contribution in [0.3, 0.4) is 0 Å². The lowest BCUT2D eigenvalue weighted by Gasteiger charge is -2.26. The molecule has 1 atom stereocenters. The summed E-state index contributed by atoms with van der Waals surface area (Å²) in [5.41, 5.74) is 0.845. The number of carbonyl (C=O) groups is 1. The van der Waals surface area contributed by atoms with Gasteiger partial charge in [-0.2, -0.15) is 0 Å². The van der Waals surface area contributed by atoms with Crippen LogP contribution in [0.5, 0.6) is 5.75 Å². The van der Waals surface area contributed by atoms with E-state index in [4.69, 9.17) is 4.74 Å². The van der Waals surface area contributed by atoms with Crippen LogP contribution >= 0.6 is 0 Å². The number of halogens is 1. The Hall–Kier alpha value is -1.58. The van der Waals surface area contributed by atoms with Gasteiger partial charge in [0.2, 0.25) is 5.91 Å². The Morgan fingerprint density at radius 2 is 2.10 bits per heavy atom. The van der Waals surface area contributed by atoms with Crippen molar-refractivity contribution in [3.05, 3.63) is 29.6 Å². The highest BCUT2D eigenvalue weighted by Gasteiger charge is 2.25. The maximum atomic E-state index is 13.3. The van der Waals surface area contributed by atoms with E-state index >= 15 is 0 Å². The number of rotatable bonds is 5. The van der Waals surface area contributed by atoms with E-state index in [0.717, 1.165) is 18.4 Å². The van der Waals surface area contributed by atoms with Crippen LogP contribution in [-0.4, -0.2) is 13.0 Å². The molecule has 1 unspecified atom stereocenters. The van der Waals surface area contributed by atoms with E-state index in [1.54, 1.807) is 12.1 Å². The maximum Gasteiger partial charge on any atom is 0.223 e. The molecule has 2 rings (SSSR count). The second kappa shape index (κ2) is 7.43. The summed E-state index contributed by atoms with van der Waals surface area (Å²) in [7, 11) is 1.44. The Morgan fingerprint density at radius 3 is 2.76 bits per heavy atom. The Morgan fingerprint density at radius 1 is 1.38 bits per heavy atom. The lowest BCUT2D eigenvalue weighted by atomic mass is 9.80. The third-order valence-electron chi connectivity index (χ3n) is 4.45. The minimum atomic E-state index is -0.386. The van der Waals surface area contributed by atoms with Crippen LogP contribution in [0.1, 0.15) is 44.6 Å². The van der Waals surface area contributed by atoms with E-state index in [9.17, 15) is 9.18 Å². The second-order valence-corrected chi connectivity index (χ2v) is 5.87. The first-order chi connectivity index (χ1) is 10.1. The van der Waals surface area contributed by atoms with Gasteiger partial charge < -0.3 is 10.1 Å². The second-order valence-electron chi connectivity index (χ2n) is 5.87. The normalized spacial score (nSPS) is 17.3. The van der Waals surface area contributed by atoms with Crippen LogP contribution in [0.15, 0.2) is 18.2 Å². The SMILES string of the molecule is COc1cc(CNC(=O)C(C)C2CCCCC2)ccc1F. The number of hydrogen-bond acceptors (Lipinski definition) is 2. The Balaban J connectivity index is 1.88. The average molecular weight is 293 g/mol. The molecule has 1 aromatic carbocycles. The van der Waals surface area contributed by atoms with E-state index < -0.39 is 0 Å². The van der Waals surface area contributed by atoms with Gasteiger partial charge in [0.15, 0.2) is 11.6 Å². The van der Waals surface area contributed by atoms with Crippen molar-refractivity contribution in [1.82, 2.24) is 5.32 Å². The van der Waals surface area contributed by atoms with Gasteiger partial charge in [-0.3, -0.25) is 4.79 Å². The molecule has 1 aliphatic rings. The summed E-state index contributed by atoms with van der Waals surface area (Å²) < 4.78 is 18.3. The molecule has 1 fully saturated rings. The number of amides is 1. The van der Waals surface area contributed by atoms with Crippen molar-refractivity contribution in [3.8, 4) is 5.75 Å². The van der Waals surface area contributed by atoms with Crippen molar-refractivity contribution >= 4 is 5.91 Å². The van der Waals surface area contributed by atoms with Gasteiger partial charge in [0.1, 0.15) is 0 Å². The third-order valence-corrected chi connectivity index (χ3v) is 4.45. The van der Waals surface area contributed by atoms with Crippen molar-refractivity contribution in [2.75, 3.05) is 7.11 Å². The van der Waals surface area contributed by atoms with E-state index in [2.05, 4.69) is 5.32 Å². The summed E-state index contributed by atoms with van der Waals surface area (Å²) in [5.74, 6) is 0.463. The summed E-state index contributed by atoms with van der Waals surface area (Å²) in [5, 5.41) is 2.95. The average Bonchev–Trinajstić information content (AvgIpc) is 2.53. The maximum absolute atomic E-state index is 13.3. The van der Waals surface area contributed by atoms with Crippen molar-refractivity contribution in [2.45, 2.75) is 45.6 Å². The van der Waals surface area contributed by atoms with Crippen LogP contribution in [-0.2, 0) is 11.3 Å². The Kier molecular flexibility index (Phi) is 5.59. The van der Waals surface area contributed by atoms with Crippen LogP contribution in [0.4, 0.5) is 4.39 Å². The first-order valence-corrected chi connectivity index (χ1v) is 7.72. The number of ether oxygens (including phenoxy) is 1. The quantitative estimate of drug-likeness (QED) is 0.899. The lowest BCUT2D eigenvalue weighted by Crippen LogP contribution is -2.33. The molecular weight excluding hydrogens is 269 g/mol. The number of methoxy groups -OCH3 is 1. The van der Waals surface area contributed by atoms with E-state index in [0.29, 0.717) is 12.5 Å². The summed E-state index contributed by atoms with van der Waals surface area (Å²) in [6.07, 6.45) is 6.06. The van der Waals surface area contributed by atoms with Gasteiger partial charge in [-0.05, 0) is 36.5 Å². The van der Waals surface area contributed by atoms with Gasteiger partial charge in [-0.25, -0.2) is 4.39 Å². The van der Waals surface area contributed by atoms with Crippen molar-refractivity contribution < 1.29 is 13.9 Å². The molecule has 0 aromatic heterocycles. The van der Waals surface area contributed by atoms with Gasteiger partial charge in [0, 0.05) is 12.5 Å². The number of benzene rings is 1. The molecule has 1 amide bonds. The molecule has 1 aromatic rings. The largest absolute Gasteiger partial charge is 0.494 e. The predicted octanol–water partition coefficient (Wildman–Crippen LogP) is 3.67. The summed E-state index contributed by atoms with van der Waals surface area (Å²) in [6.45, 7) is 2.42. The van der Waals surface area contributed by atoms with Crippen molar-refractivity contribution in [2.24, 2.45) is 11.8 Å². The zero-order valence-electron chi connectivity index (χ0n) is 12.8. The molecule has 3 nitrogen and oxygen atoms in total. The highest BCUT2D eigenvalue weighted by molar-refractivity contribution is 5.78. The minimum Gasteiger partial charge on any atom is -0.494 e. The molecule has 4 heteroatoms. The fourth-order valence-corrected chi connectivity index (χ4v) is 3.01. The molecule has 1 N–H and O–H groups in total. The van der Waals surface area contributed by atoms with E-state index in [1.165, 1.54) is 32.4 Å². The highest BCUT2D eigenvalue weighted by Crippen LogP contribution is 2.30. The predicted molar refractivity (Wildman–Crippen MR) is 80.5 cm³/mol. The molecule has 0 heterocycles. The van der Waals surface area contributed by atoms with Gasteiger partial charge in [0.05, 0.1) is 7.11 Å². The molecule has 0 saturated heterocycles. The monoisotopic (exact) mass is 293 g/mol. The minimum absolute atomic E-state index is 0.0487. The smallest absolute Gasteiger partial charge is 0.223 e. The molecular formula is C17H24FNO2. The summed E-state index contributed by atoms with van der Waals surface area (Å²) in [4.78, 5) is 12.2. The van der Waals surface area contributed by atoms with Gasteiger partial charge in [0.25, 0.3) is 0 Å². The zero-order chi connectivity index (χ0) is 15.2. The van der Waals surface area contributed by atoms with Gasteiger partial charge >= 0.3 is 0 Å². The van der Waals surface area contributed by atoms with Crippen LogP contribution in [0.25, 0.3) is 0 Å². The summed E-state index contributed by atoms with van der Waals surface area (Å²) >= 11 is 0. The third kappa shape index (κ3) is 4.19. The molecule has 0 bridgehead atoms.